The third kappa shape index (κ3) is 3.53. The Hall–Kier alpha value is -3.98. The average Bonchev–Trinajstić information content (AvgIpc) is 2.69. The van der Waals surface area contributed by atoms with E-state index in [1.54, 1.807) is 6.07 Å². The fraction of sp³-hybridized carbons (Fsp3) is 0. The molecule has 6 heteroatoms. The van der Waals surface area contributed by atoms with E-state index in [2.05, 4.69) is 21.4 Å². The van der Waals surface area contributed by atoms with E-state index in [-0.39, 0.29) is 0 Å². The lowest BCUT2D eigenvalue weighted by Gasteiger charge is -2.13. The SMILES string of the molecule is N#Cc1cnc2cnc(F)cc2c1Nc1cccc(Oc2ccccc2)c1. The second-order valence-electron chi connectivity index (χ2n) is 5.75. The van der Waals surface area contributed by atoms with E-state index in [0.717, 1.165) is 5.75 Å². The van der Waals surface area contributed by atoms with Crippen molar-refractivity contribution >= 4 is 22.3 Å². The number of fused-ring (bicyclic) bond motifs is 1. The Balaban J connectivity index is 1.71. The number of aromatic nitrogens is 2. The Morgan fingerprint density at radius 2 is 1.74 bits per heavy atom. The molecule has 0 amide bonds. The summed E-state index contributed by atoms with van der Waals surface area (Å²) < 4.78 is 19.5. The highest BCUT2D eigenvalue weighted by Gasteiger charge is 2.11. The van der Waals surface area contributed by atoms with Gasteiger partial charge in [0, 0.05) is 29.4 Å². The molecule has 0 aliphatic carbocycles. The van der Waals surface area contributed by atoms with Crippen molar-refractivity contribution in [2.75, 3.05) is 5.32 Å². The first-order valence-corrected chi connectivity index (χ1v) is 8.17. The summed E-state index contributed by atoms with van der Waals surface area (Å²) in [5.74, 6) is 0.717. The molecule has 0 saturated carbocycles. The lowest BCUT2D eigenvalue weighted by molar-refractivity contribution is 0.483. The quantitative estimate of drug-likeness (QED) is 0.510. The van der Waals surface area contributed by atoms with Gasteiger partial charge in [0.2, 0.25) is 5.95 Å². The molecule has 0 aliphatic heterocycles. The molecule has 4 aromatic rings. The van der Waals surface area contributed by atoms with E-state index < -0.39 is 5.95 Å². The first-order chi connectivity index (χ1) is 13.2. The van der Waals surface area contributed by atoms with Crippen molar-refractivity contribution in [1.29, 1.82) is 5.26 Å². The van der Waals surface area contributed by atoms with Crippen LogP contribution >= 0.6 is 0 Å². The van der Waals surface area contributed by atoms with Gasteiger partial charge in [0.25, 0.3) is 0 Å². The Morgan fingerprint density at radius 1 is 0.926 bits per heavy atom. The number of pyridine rings is 2. The van der Waals surface area contributed by atoms with Gasteiger partial charge in [-0.3, -0.25) is 4.98 Å². The Labute approximate surface area is 154 Å². The molecule has 5 nitrogen and oxygen atoms in total. The van der Waals surface area contributed by atoms with Gasteiger partial charge in [0.15, 0.2) is 0 Å². The molecule has 4 rings (SSSR count). The fourth-order valence-corrected chi connectivity index (χ4v) is 2.70. The maximum Gasteiger partial charge on any atom is 0.213 e. The zero-order valence-electron chi connectivity index (χ0n) is 14.1. The van der Waals surface area contributed by atoms with Gasteiger partial charge >= 0.3 is 0 Å². The highest BCUT2D eigenvalue weighted by Crippen LogP contribution is 2.31. The number of anilines is 2. The van der Waals surface area contributed by atoms with Crippen LogP contribution in [0.5, 0.6) is 11.5 Å². The van der Waals surface area contributed by atoms with E-state index in [0.29, 0.717) is 33.6 Å². The number of nitriles is 1. The molecule has 1 N–H and O–H groups in total. The molecule has 2 heterocycles. The van der Waals surface area contributed by atoms with Gasteiger partial charge in [0.1, 0.15) is 17.6 Å². The van der Waals surface area contributed by atoms with Crippen LogP contribution in [0, 0.1) is 17.3 Å². The smallest absolute Gasteiger partial charge is 0.213 e. The van der Waals surface area contributed by atoms with Crippen LogP contribution in [0.2, 0.25) is 0 Å². The van der Waals surface area contributed by atoms with Crippen LogP contribution in [0.15, 0.2) is 73.1 Å². The molecule has 0 atom stereocenters. The number of hydrogen-bond acceptors (Lipinski definition) is 5. The number of benzene rings is 2. The van der Waals surface area contributed by atoms with Crippen molar-refractivity contribution in [2.45, 2.75) is 0 Å². The van der Waals surface area contributed by atoms with Gasteiger partial charge in [-0.2, -0.15) is 9.65 Å². The summed E-state index contributed by atoms with van der Waals surface area (Å²) in [5.41, 5.74) is 1.97. The van der Waals surface area contributed by atoms with Crippen molar-refractivity contribution in [3.05, 3.63) is 84.6 Å². The standard InChI is InChI=1S/C21H13FN4O/c22-20-10-18-19(13-25-20)24-12-14(11-23)21(18)26-15-5-4-8-17(9-15)27-16-6-2-1-3-7-16/h1-10,12-13H,(H,24,26). The lowest BCUT2D eigenvalue weighted by Crippen LogP contribution is -1.98. The Bertz CT molecular complexity index is 1160. The minimum absolute atomic E-state index is 0.308. The molecule has 0 saturated heterocycles. The number of hydrogen-bond donors (Lipinski definition) is 1. The van der Waals surface area contributed by atoms with Gasteiger partial charge in [-0.15, -0.1) is 0 Å². The zero-order valence-corrected chi connectivity index (χ0v) is 14.1. The fourth-order valence-electron chi connectivity index (χ4n) is 2.70. The molecule has 2 aromatic heterocycles. The van der Waals surface area contributed by atoms with Crippen LogP contribution < -0.4 is 10.1 Å². The van der Waals surface area contributed by atoms with Crippen LogP contribution in [0.1, 0.15) is 5.56 Å². The van der Waals surface area contributed by atoms with Crippen LogP contribution in [-0.4, -0.2) is 9.97 Å². The molecule has 0 unspecified atom stereocenters. The average molecular weight is 356 g/mol. The first-order valence-electron chi connectivity index (χ1n) is 8.17. The predicted molar refractivity (Wildman–Crippen MR) is 100 cm³/mol. The number of para-hydroxylation sites is 1. The molecule has 27 heavy (non-hydrogen) atoms. The lowest BCUT2D eigenvalue weighted by atomic mass is 10.1. The van der Waals surface area contributed by atoms with Crippen molar-refractivity contribution < 1.29 is 9.13 Å². The zero-order chi connectivity index (χ0) is 18.6. The van der Waals surface area contributed by atoms with Gasteiger partial charge in [0.05, 0.1) is 23.0 Å². The summed E-state index contributed by atoms with van der Waals surface area (Å²) >= 11 is 0. The second kappa shape index (κ2) is 7.10. The van der Waals surface area contributed by atoms with E-state index in [1.165, 1.54) is 18.5 Å². The van der Waals surface area contributed by atoms with E-state index >= 15 is 0 Å². The summed E-state index contributed by atoms with van der Waals surface area (Å²) in [6.45, 7) is 0. The number of halogens is 1. The van der Waals surface area contributed by atoms with E-state index in [9.17, 15) is 9.65 Å². The minimum Gasteiger partial charge on any atom is -0.457 e. The summed E-state index contributed by atoms with van der Waals surface area (Å²) in [6, 6.07) is 20.1. The van der Waals surface area contributed by atoms with E-state index in [1.807, 2.05) is 48.5 Å². The summed E-state index contributed by atoms with van der Waals surface area (Å²) in [4.78, 5) is 7.76. The summed E-state index contributed by atoms with van der Waals surface area (Å²) in [6.07, 6.45) is 2.78. The van der Waals surface area contributed by atoms with Crippen LogP contribution in [0.25, 0.3) is 10.9 Å². The molecular formula is C21H13FN4O. The molecule has 130 valence electrons. The van der Waals surface area contributed by atoms with Crippen molar-refractivity contribution in [3.8, 4) is 17.6 Å². The highest BCUT2D eigenvalue weighted by molar-refractivity contribution is 5.95. The summed E-state index contributed by atoms with van der Waals surface area (Å²) in [7, 11) is 0. The first kappa shape index (κ1) is 16.5. The van der Waals surface area contributed by atoms with Gasteiger partial charge < -0.3 is 10.1 Å². The summed E-state index contributed by atoms with van der Waals surface area (Å²) in [5, 5.41) is 13.1. The topological polar surface area (TPSA) is 70.8 Å². The molecule has 0 radical (unpaired) electrons. The minimum atomic E-state index is -0.636. The van der Waals surface area contributed by atoms with E-state index in [4.69, 9.17) is 4.74 Å². The van der Waals surface area contributed by atoms with Crippen molar-refractivity contribution in [2.24, 2.45) is 0 Å². The maximum atomic E-state index is 13.6. The van der Waals surface area contributed by atoms with Gasteiger partial charge in [-0.25, -0.2) is 4.98 Å². The number of ether oxygens (including phenoxy) is 1. The predicted octanol–water partition coefficient (Wildman–Crippen LogP) is 5.18. The number of nitrogens with one attached hydrogen (secondary N) is 1. The Kier molecular flexibility index (Phi) is 4.33. The van der Waals surface area contributed by atoms with Crippen LogP contribution in [0.3, 0.4) is 0 Å². The third-order valence-electron chi connectivity index (χ3n) is 3.92. The Morgan fingerprint density at radius 3 is 2.56 bits per heavy atom. The number of rotatable bonds is 4. The molecule has 0 aliphatic rings. The molecule has 0 fully saturated rings. The largest absolute Gasteiger partial charge is 0.457 e. The second-order valence-corrected chi connectivity index (χ2v) is 5.75. The molecule has 0 spiro atoms. The van der Waals surface area contributed by atoms with Crippen molar-refractivity contribution in [3.63, 3.8) is 0 Å². The van der Waals surface area contributed by atoms with Gasteiger partial charge in [-0.05, 0) is 24.3 Å². The number of nitrogens with zero attached hydrogens (tertiary/aromatic N) is 3. The molecular weight excluding hydrogens is 343 g/mol. The maximum absolute atomic E-state index is 13.6. The van der Waals surface area contributed by atoms with Gasteiger partial charge in [-0.1, -0.05) is 24.3 Å². The monoisotopic (exact) mass is 356 g/mol. The molecule has 0 bridgehead atoms. The van der Waals surface area contributed by atoms with Crippen LogP contribution in [0.4, 0.5) is 15.8 Å². The van der Waals surface area contributed by atoms with Crippen LogP contribution in [-0.2, 0) is 0 Å². The molecule has 2 aromatic carbocycles. The van der Waals surface area contributed by atoms with Crippen molar-refractivity contribution in [1.82, 2.24) is 9.97 Å². The highest BCUT2D eigenvalue weighted by atomic mass is 19.1. The normalized spacial score (nSPS) is 10.4. The third-order valence-corrected chi connectivity index (χ3v) is 3.92.